The van der Waals surface area contributed by atoms with E-state index in [1.54, 1.807) is 16.2 Å². The minimum absolute atomic E-state index is 0.0338. The smallest absolute Gasteiger partial charge is 0.317 e. The van der Waals surface area contributed by atoms with Gasteiger partial charge in [-0.25, -0.2) is 4.79 Å². The average molecular weight is 444 g/mol. The molecule has 1 aliphatic heterocycles. The average Bonchev–Trinajstić information content (AvgIpc) is 3.24. The van der Waals surface area contributed by atoms with Crippen molar-refractivity contribution in [3.8, 4) is 5.75 Å². The Balaban J connectivity index is 1.73. The number of benzene rings is 1. The molecule has 2 aromatic rings. The van der Waals surface area contributed by atoms with Crippen LogP contribution in [0, 0.1) is 5.92 Å². The minimum atomic E-state index is -0.179. The molecule has 1 aromatic heterocycles. The lowest BCUT2D eigenvalue weighted by Gasteiger charge is -2.37. The van der Waals surface area contributed by atoms with Crippen LogP contribution in [0.5, 0.6) is 5.75 Å². The maximum absolute atomic E-state index is 13.4. The lowest BCUT2D eigenvalue weighted by Crippen LogP contribution is -2.50. The van der Waals surface area contributed by atoms with Crippen LogP contribution in [0.25, 0.3) is 0 Å². The van der Waals surface area contributed by atoms with Gasteiger partial charge in [0.15, 0.2) is 0 Å². The zero-order valence-corrected chi connectivity index (χ0v) is 19.5. The molecule has 0 saturated carbocycles. The summed E-state index contributed by atoms with van der Waals surface area (Å²) < 4.78 is 6.04. The van der Waals surface area contributed by atoms with Gasteiger partial charge >= 0.3 is 6.03 Å². The number of fused-ring (bicyclic) bond motifs is 1. The Hall–Kier alpha value is -2.54. The van der Waals surface area contributed by atoms with E-state index in [2.05, 4.69) is 30.6 Å². The molecule has 0 fully saturated rings. The molecular formula is C24H33N3O3S. The molecule has 0 spiro atoms. The first-order valence-corrected chi connectivity index (χ1v) is 11.9. The van der Waals surface area contributed by atoms with E-state index in [0.29, 0.717) is 32.2 Å². The van der Waals surface area contributed by atoms with Gasteiger partial charge in [0.2, 0.25) is 5.91 Å². The summed E-state index contributed by atoms with van der Waals surface area (Å²) in [6.07, 6.45) is 1.70. The molecule has 0 bridgehead atoms. The molecule has 1 N–H and O–H groups in total. The van der Waals surface area contributed by atoms with Gasteiger partial charge in [0.1, 0.15) is 18.9 Å². The standard InChI is InChI=1S/C24H33N3O3S/c1-4-25-24(29)26(13-10-18(2)3)16-23(28)27-14-11-22-20(12-15-31-22)21(27)17-30-19-8-6-5-7-9-19/h5-9,12,15,18,21H,4,10-11,13-14,16-17H2,1-3H3,(H,25,29)/t21-/m1/s1. The van der Waals surface area contributed by atoms with E-state index in [-0.39, 0.29) is 24.5 Å². The molecule has 7 heteroatoms. The first-order valence-electron chi connectivity index (χ1n) is 11.1. The summed E-state index contributed by atoms with van der Waals surface area (Å²) in [7, 11) is 0. The second kappa shape index (κ2) is 11.2. The number of carbonyl (C=O) groups is 2. The van der Waals surface area contributed by atoms with Crippen LogP contribution in [0.3, 0.4) is 0 Å². The highest BCUT2D eigenvalue weighted by molar-refractivity contribution is 7.10. The van der Waals surface area contributed by atoms with Crippen LogP contribution in [-0.2, 0) is 11.2 Å². The molecule has 0 unspecified atom stereocenters. The van der Waals surface area contributed by atoms with Crippen molar-refractivity contribution >= 4 is 23.3 Å². The number of carbonyl (C=O) groups excluding carboxylic acids is 2. The molecule has 1 atom stereocenters. The fourth-order valence-corrected chi connectivity index (χ4v) is 4.68. The molecule has 3 amide bonds. The zero-order chi connectivity index (χ0) is 22.2. The van der Waals surface area contributed by atoms with Gasteiger partial charge in [0.25, 0.3) is 0 Å². The molecule has 0 aliphatic carbocycles. The molecule has 6 nitrogen and oxygen atoms in total. The van der Waals surface area contributed by atoms with Crippen LogP contribution >= 0.6 is 11.3 Å². The number of hydrogen-bond acceptors (Lipinski definition) is 4. The van der Waals surface area contributed by atoms with Crippen molar-refractivity contribution in [2.24, 2.45) is 5.92 Å². The van der Waals surface area contributed by atoms with Crippen molar-refractivity contribution in [3.05, 3.63) is 52.2 Å². The number of nitrogens with zero attached hydrogens (tertiary/aromatic N) is 2. The molecule has 1 aliphatic rings. The lowest BCUT2D eigenvalue weighted by molar-refractivity contribution is -0.135. The number of hydrogen-bond donors (Lipinski definition) is 1. The largest absolute Gasteiger partial charge is 0.491 e. The number of nitrogens with one attached hydrogen (secondary N) is 1. The van der Waals surface area contributed by atoms with Crippen molar-refractivity contribution in [2.45, 2.75) is 39.7 Å². The Kier molecular flexibility index (Phi) is 8.35. The first kappa shape index (κ1) is 23.1. The quantitative estimate of drug-likeness (QED) is 0.627. The van der Waals surface area contributed by atoms with E-state index in [1.807, 2.05) is 42.2 Å². The van der Waals surface area contributed by atoms with Crippen LogP contribution in [0.15, 0.2) is 41.8 Å². The van der Waals surface area contributed by atoms with E-state index < -0.39 is 0 Å². The summed E-state index contributed by atoms with van der Waals surface area (Å²) in [5.74, 6) is 1.22. The van der Waals surface area contributed by atoms with Crippen LogP contribution in [0.1, 0.15) is 43.7 Å². The second-order valence-electron chi connectivity index (χ2n) is 8.22. The monoisotopic (exact) mass is 443 g/mol. The van der Waals surface area contributed by atoms with E-state index in [0.717, 1.165) is 24.2 Å². The summed E-state index contributed by atoms with van der Waals surface area (Å²) in [5.41, 5.74) is 1.16. The Bertz CT molecular complexity index is 853. The van der Waals surface area contributed by atoms with Crippen LogP contribution in [-0.4, -0.2) is 54.5 Å². The minimum Gasteiger partial charge on any atom is -0.491 e. The highest BCUT2D eigenvalue weighted by atomic mass is 32.1. The van der Waals surface area contributed by atoms with Gasteiger partial charge in [-0.15, -0.1) is 11.3 Å². The van der Waals surface area contributed by atoms with Crippen molar-refractivity contribution in [3.63, 3.8) is 0 Å². The predicted molar refractivity (Wildman–Crippen MR) is 125 cm³/mol. The van der Waals surface area contributed by atoms with Gasteiger partial charge in [-0.3, -0.25) is 4.79 Å². The van der Waals surface area contributed by atoms with E-state index in [1.165, 1.54) is 4.88 Å². The van der Waals surface area contributed by atoms with Crippen molar-refractivity contribution in [1.29, 1.82) is 0 Å². The molecule has 168 valence electrons. The van der Waals surface area contributed by atoms with Crippen molar-refractivity contribution in [2.75, 3.05) is 32.8 Å². The summed E-state index contributed by atoms with van der Waals surface area (Å²) in [6.45, 7) is 8.36. The fourth-order valence-electron chi connectivity index (χ4n) is 3.75. The van der Waals surface area contributed by atoms with Crippen LogP contribution < -0.4 is 10.1 Å². The molecule has 3 rings (SSSR count). The van der Waals surface area contributed by atoms with Crippen molar-refractivity contribution < 1.29 is 14.3 Å². The van der Waals surface area contributed by atoms with Gasteiger partial charge in [0.05, 0.1) is 6.04 Å². The highest BCUT2D eigenvalue weighted by Gasteiger charge is 2.33. The Morgan fingerprint density at radius 1 is 1.26 bits per heavy atom. The Morgan fingerprint density at radius 2 is 2.03 bits per heavy atom. The first-order chi connectivity index (χ1) is 15.0. The van der Waals surface area contributed by atoms with Gasteiger partial charge in [-0.2, -0.15) is 0 Å². The molecule has 0 radical (unpaired) electrons. The fraction of sp³-hybridized carbons (Fsp3) is 0.500. The summed E-state index contributed by atoms with van der Waals surface area (Å²) in [4.78, 5) is 30.8. The lowest BCUT2D eigenvalue weighted by atomic mass is 10.0. The number of thiophene rings is 1. The summed E-state index contributed by atoms with van der Waals surface area (Å²) in [6, 6.07) is 11.4. The zero-order valence-electron chi connectivity index (χ0n) is 18.7. The Labute approximate surface area is 189 Å². The molecule has 1 aromatic carbocycles. The third kappa shape index (κ3) is 6.23. The molecule has 31 heavy (non-hydrogen) atoms. The molecular weight excluding hydrogens is 410 g/mol. The molecule has 0 saturated heterocycles. The number of amides is 3. The van der Waals surface area contributed by atoms with Crippen LogP contribution in [0.2, 0.25) is 0 Å². The highest BCUT2D eigenvalue weighted by Crippen LogP contribution is 2.34. The van der Waals surface area contributed by atoms with E-state index in [4.69, 9.17) is 4.74 Å². The van der Waals surface area contributed by atoms with Gasteiger partial charge in [-0.1, -0.05) is 32.0 Å². The van der Waals surface area contributed by atoms with Gasteiger partial charge in [0, 0.05) is 24.5 Å². The van der Waals surface area contributed by atoms with E-state index in [9.17, 15) is 9.59 Å². The number of urea groups is 1. The maximum atomic E-state index is 13.4. The third-order valence-corrected chi connectivity index (χ3v) is 6.48. The normalized spacial score (nSPS) is 15.5. The third-order valence-electron chi connectivity index (χ3n) is 5.48. The SMILES string of the molecule is CCNC(=O)N(CCC(C)C)CC(=O)N1CCc2sccc2[C@H]1COc1ccccc1. The topological polar surface area (TPSA) is 61.9 Å². The van der Waals surface area contributed by atoms with Crippen LogP contribution in [0.4, 0.5) is 4.79 Å². The van der Waals surface area contributed by atoms with E-state index >= 15 is 0 Å². The van der Waals surface area contributed by atoms with Gasteiger partial charge in [-0.05, 0) is 54.8 Å². The number of ether oxygens (including phenoxy) is 1. The van der Waals surface area contributed by atoms with Crippen molar-refractivity contribution in [1.82, 2.24) is 15.1 Å². The Morgan fingerprint density at radius 3 is 2.74 bits per heavy atom. The van der Waals surface area contributed by atoms with Gasteiger partial charge < -0.3 is 19.9 Å². The summed E-state index contributed by atoms with van der Waals surface area (Å²) >= 11 is 1.73. The predicted octanol–water partition coefficient (Wildman–Crippen LogP) is 4.33. The number of rotatable bonds is 9. The summed E-state index contributed by atoms with van der Waals surface area (Å²) in [5, 5.41) is 4.92. The maximum Gasteiger partial charge on any atom is 0.317 e. The molecule has 2 heterocycles. The second-order valence-corrected chi connectivity index (χ2v) is 9.22. The number of para-hydroxylation sites is 1.